The molecule has 0 saturated carbocycles. The van der Waals surface area contributed by atoms with Gasteiger partial charge < -0.3 is 5.11 Å². The van der Waals surface area contributed by atoms with E-state index in [4.69, 9.17) is 0 Å². The van der Waals surface area contributed by atoms with Crippen LogP contribution in [0.2, 0.25) is 0 Å². The number of hydrogen-bond acceptors (Lipinski definition) is 2. The zero-order chi connectivity index (χ0) is 16.1. The van der Waals surface area contributed by atoms with Gasteiger partial charge in [-0.15, -0.1) is 12.4 Å². The van der Waals surface area contributed by atoms with E-state index in [9.17, 15) is 9.90 Å². The zero-order valence-corrected chi connectivity index (χ0v) is 14.3. The van der Waals surface area contributed by atoms with Gasteiger partial charge in [0, 0.05) is 6.54 Å². The van der Waals surface area contributed by atoms with Crippen molar-refractivity contribution in [3.8, 4) is 0 Å². The third-order valence-corrected chi connectivity index (χ3v) is 4.21. The Hall–Kier alpha value is -2.10. The lowest BCUT2D eigenvalue weighted by molar-refractivity contribution is -0.130. The first-order valence-corrected chi connectivity index (χ1v) is 8.04. The van der Waals surface area contributed by atoms with Gasteiger partial charge in [-0.1, -0.05) is 54.6 Å². The first-order chi connectivity index (χ1) is 11.2. The van der Waals surface area contributed by atoms with Gasteiger partial charge >= 0.3 is 5.97 Å². The maximum Gasteiger partial charge on any atom is 0.336 e. The topological polar surface area (TPSA) is 40.5 Å². The second-order valence-electron chi connectivity index (χ2n) is 5.95. The molecule has 126 valence electrons. The lowest BCUT2D eigenvalue weighted by atomic mass is 10.0. The maximum atomic E-state index is 11.5. The third kappa shape index (κ3) is 4.70. The van der Waals surface area contributed by atoms with E-state index in [1.54, 1.807) is 6.08 Å². The van der Waals surface area contributed by atoms with Gasteiger partial charge in [0.05, 0.1) is 5.57 Å². The van der Waals surface area contributed by atoms with Gasteiger partial charge in [-0.05, 0) is 48.7 Å². The maximum absolute atomic E-state index is 11.5. The summed E-state index contributed by atoms with van der Waals surface area (Å²) in [6.07, 6.45) is 4.32. The minimum Gasteiger partial charge on any atom is -0.478 e. The van der Waals surface area contributed by atoms with Gasteiger partial charge in [-0.2, -0.15) is 0 Å². The fourth-order valence-corrected chi connectivity index (χ4v) is 2.97. The van der Waals surface area contributed by atoms with Crippen LogP contribution in [0.15, 0.2) is 54.6 Å². The number of hydrogen-bond donors (Lipinski definition) is 1. The molecule has 24 heavy (non-hydrogen) atoms. The molecular weight excluding hydrogens is 322 g/mol. The fraction of sp³-hybridized carbons (Fsp3) is 0.250. The normalized spacial score (nSPS) is 15.1. The molecule has 3 nitrogen and oxygen atoms in total. The third-order valence-electron chi connectivity index (χ3n) is 4.21. The number of rotatable bonds is 5. The summed E-state index contributed by atoms with van der Waals surface area (Å²) in [6, 6.07) is 17.4. The summed E-state index contributed by atoms with van der Waals surface area (Å²) in [5, 5.41) is 9.46. The summed E-state index contributed by atoms with van der Waals surface area (Å²) in [7, 11) is 0. The Bertz CT molecular complexity index is 689. The van der Waals surface area contributed by atoms with Crippen molar-refractivity contribution < 1.29 is 9.90 Å². The van der Waals surface area contributed by atoms with Gasteiger partial charge in [-0.3, -0.25) is 4.90 Å². The highest BCUT2D eigenvalue weighted by Gasteiger charge is 2.12. The summed E-state index contributed by atoms with van der Waals surface area (Å²) in [6.45, 7) is 3.34. The van der Waals surface area contributed by atoms with E-state index in [0.717, 1.165) is 17.7 Å². The molecule has 0 bridgehead atoms. The molecule has 1 fully saturated rings. The molecule has 0 spiro atoms. The highest BCUT2D eigenvalue weighted by Crippen LogP contribution is 2.19. The first-order valence-electron chi connectivity index (χ1n) is 8.04. The number of aliphatic carboxylic acids is 1. The highest BCUT2D eigenvalue weighted by atomic mass is 35.5. The van der Waals surface area contributed by atoms with Gasteiger partial charge in [0.15, 0.2) is 0 Å². The van der Waals surface area contributed by atoms with E-state index in [0.29, 0.717) is 5.57 Å². The van der Waals surface area contributed by atoms with E-state index >= 15 is 0 Å². The monoisotopic (exact) mass is 343 g/mol. The quantitative estimate of drug-likeness (QED) is 0.649. The lowest BCUT2D eigenvalue weighted by Crippen LogP contribution is -2.18. The van der Waals surface area contributed by atoms with Gasteiger partial charge in [0.25, 0.3) is 0 Å². The second-order valence-corrected chi connectivity index (χ2v) is 5.95. The van der Waals surface area contributed by atoms with Crippen LogP contribution in [0.4, 0.5) is 0 Å². The predicted octanol–water partition coefficient (Wildman–Crippen LogP) is 4.33. The van der Waals surface area contributed by atoms with Crippen molar-refractivity contribution in [1.29, 1.82) is 0 Å². The van der Waals surface area contributed by atoms with Crippen LogP contribution >= 0.6 is 12.4 Å². The molecule has 2 aromatic carbocycles. The molecule has 1 heterocycles. The minimum absolute atomic E-state index is 0. The van der Waals surface area contributed by atoms with Gasteiger partial charge in [0.2, 0.25) is 0 Å². The molecule has 0 amide bonds. The van der Waals surface area contributed by atoms with Crippen molar-refractivity contribution in [3.05, 3.63) is 71.3 Å². The van der Waals surface area contributed by atoms with E-state index in [-0.39, 0.29) is 12.4 Å². The Kier molecular flexibility index (Phi) is 6.59. The van der Waals surface area contributed by atoms with Crippen LogP contribution in [0, 0.1) is 0 Å². The Labute approximate surface area is 149 Å². The van der Waals surface area contributed by atoms with Crippen LogP contribution in [-0.4, -0.2) is 29.1 Å². The van der Waals surface area contributed by atoms with Crippen molar-refractivity contribution in [2.24, 2.45) is 0 Å². The number of halogens is 1. The number of likely N-dealkylation sites (tertiary alicyclic amines) is 1. The fourth-order valence-electron chi connectivity index (χ4n) is 2.97. The van der Waals surface area contributed by atoms with E-state index in [1.165, 1.54) is 31.5 Å². The molecule has 0 atom stereocenters. The molecular formula is C20H22ClNO2. The summed E-state index contributed by atoms with van der Waals surface area (Å²) in [5.74, 6) is -0.905. The average molecular weight is 344 g/mol. The van der Waals surface area contributed by atoms with Crippen LogP contribution in [0.1, 0.15) is 29.5 Å². The van der Waals surface area contributed by atoms with Crippen LogP contribution in [0.5, 0.6) is 0 Å². The summed E-state index contributed by atoms with van der Waals surface area (Å²) in [4.78, 5) is 14.0. The Morgan fingerprint density at radius 1 is 1.00 bits per heavy atom. The standard InChI is InChI=1S/C20H21NO2.ClH/c22-20(23)19(18-6-2-1-3-7-18)14-16-8-10-17(11-9-16)15-21-12-4-5-13-21;/h1-3,6-11,14H,4-5,12-13,15H2,(H,22,23);1H. The molecule has 0 aliphatic carbocycles. The summed E-state index contributed by atoms with van der Waals surface area (Å²) < 4.78 is 0. The van der Waals surface area contributed by atoms with E-state index < -0.39 is 5.97 Å². The highest BCUT2D eigenvalue weighted by molar-refractivity contribution is 6.20. The van der Waals surface area contributed by atoms with Crippen molar-refractivity contribution in [1.82, 2.24) is 4.90 Å². The molecule has 1 aliphatic heterocycles. The number of carboxylic acid groups (broad SMARTS) is 1. The van der Waals surface area contributed by atoms with E-state index in [1.807, 2.05) is 42.5 Å². The smallest absolute Gasteiger partial charge is 0.336 e. The number of carboxylic acids is 1. The van der Waals surface area contributed by atoms with Crippen molar-refractivity contribution in [2.75, 3.05) is 13.1 Å². The number of nitrogens with zero attached hydrogens (tertiary/aromatic N) is 1. The Morgan fingerprint density at radius 2 is 1.62 bits per heavy atom. The molecule has 1 aliphatic rings. The Morgan fingerprint density at radius 3 is 2.21 bits per heavy atom. The molecule has 0 aromatic heterocycles. The molecule has 0 radical (unpaired) electrons. The summed E-state index contributed by atoms with van der Waals surface area (Å²) in [5.41, 5.74) is 3.23. The van der Waals surface area contributed by atoms with Crippen LogP contribution < -0.4 is 0 Å². The largest absolute Gasteiger partial charge is 0.478 e. The Balaban J connectivity index is 0.00000208. The minimum atomic E-state index is -0.905. The van der Waals surface area contributed by atoms with Crippen LogP contribution in [0.3, 0.4) is 0 Å². The molecule has 4 heteroatoms. The zero-order valence-electron chi connectivity index (χ0n) is 13.5. The predicted molar refractivity (Wildman–Crippen MR) is 100 cm³/mol. The molecule has 1 N–H and O–H groups in total. The van der Waals surface area contributed by atoms with Gasteiger partial charge in [-0.25, -0.2) is 4.79 Å². The van der Waals surface area contributed by atoms with Gasteiger partial charge in [0.1, 0.15) is 0 Å². The average Bonchev–Trinajstić information content (AvgIpc) is 3.07. The number of benzene rings is 2. The first kappa shape index (κ1) is 18.2. The molecule has 2 aromatic rings. The van der Waals surface area contributed by atoms with Crippen molar-refractivity contribution in [2.45, 2.75) is 19.4 Å². The van der Waals surface area contributed by atoms with Crippen LogP contribution in [0.25, 0.3) is 11.6 Å². The second kappa shape index (κ2) is 8.67. The molecule has 1 saturated heterocycles. The lowest BCUT2D eigenvalue weighted by Gasteiger charge is -2.14. The van der Waals surface area contributed by atoms with Crippen molar-refractivity contribution in [3.63, 3.8) is 0 Å². The molecule has 3 rings (SSSR count). The van der Waals surface area contributed by atoms with E-state index in [2.05, 4.69) is 17.0 Å². The van der Waals surface area contributed by atoms with Crippen LogP contribution in [-0.2, 0) is 11.3 Å². The SMILES string of the molecule is Cl.O=C(O)C(=Cc1ccc(CN2CCCC2)cc1)c1ccccc1. The molecule has 0 unspecified atom stereocenters. The number of carbonyl (C=O) groups is 1. The van der Waals surface area contributed by atoms with Crippen molar-refractivity contribution >= 4 is 30.0 Å². The summed E-state index contributed by atoms with van der Waals surface area (Å²) >= 11 is 0.